The molecule has 1 aromatic heterocycles. The number of oxazole rings is 1. The van der Waals surface area contributed by atoms with Crippen LogP contribution in [0.25, 0.3) is 11.3 Å². The molecule has 0 fully saturated rings. The molecule has 0 bridgehead atoms. The zero-order chi connectivity index (χ0) is 9.26. The predicted molar refractivity (Wildman–Crippen MR) is 46.6 cm³/mol. The van der Waals surface area contributed by atoms with Crippen molar-refractivity contribution in [3.8, 4) is 11.3 Å². The maximum Gasteiger partial charge on any atom is 0.181 e. The summed E-state index contributed by atoms with van der Waals surface area (Å²) in [6, 6.07) is 6.14. The van der Waals surface area contributed by atoms with E-state index in [0.717, 1.165) is 11.3 Å². The molecule has 0 aliphatic heterocycles. The quantitative estimate of drug-likeness (QED) is 0.669. The molecule has 0 amide bonds. The van der Waals surface area contributed by atoms with Gasteiger partial charge in [0.05, 0.1) is 5.69 Å². The van der Waals surface area contributed by atoms with Crippen molar-refractivity contribution in [2.75, 3.05) is 0 Å². The fraction of sp³-hybridized carbons (Fsp3) is 0.100. The van der Waals surface area contributed by atoms with Gasteiger partial charge in [0.1, 0.15) is 5.82 Å². The van der Waals surface area contributed by atoms with Crippen LogP contribution in [0, 0.1) is 12.7 Å². The van der Waals surface area contributed by atoms with Gasteiger partial charge in [0.2, 0.25) is 0 Å². The second-order valence-electron chi connectivity index (χ2n) is 2.77. The van der Waals surface area contributed by atoms with Gasteiger partial charge in [-0.1, -0.05) is 0 Å². The first-order valence-electron chi connectivity index (χ1n) is 3.93. The average molecular weight is 177 g/mol. The Morgan fingerprint density at radius 1 is 1.23 bits per heavy atom. The Morgan fingerprint density at radius 3 is 2.46 bits per heavy atom. The van der Waals surface area contributed by atoms with Gasteiger partial charge in [-0.25, -0.2) is 9.37 Å². The molecule has 0 aliphatic carbocycles. The van der Waals surface area contributed by atoms with Crippen LogP contribution in [0.1, 0.15) is 5.69 Å². The highest BCUT2D eigenvalue weighted by Gasteiger charge is 2.05. The van der Waals surface area contributed by atoms with Gasteiger partial charge in [0.25, 0.3) is 0 Å². The van der Waals surface area contributed by atoms with Crippen molar-refractivity contribution in [3.63, 3.8) is 0 Å². The molecule has 0 aliphatic rings. The highest BCUT2D eigenvalue weighted by Crippen LogP contribution is 2.22. The third-order valence-electron chi connectivity index (χ3n) is 1.85. The van der Waals surface area contributed by atoms with Crippen molar-refractivity contribution in [2.24, 2.45) is 0 Å². The molecule has 0 N–H and O–H groups in total. The first kappa shape index (κ1) is 7.98. The fourth-order valence-electron chi connectivity index (χ4n) is 1.18. The molecular weight excluding hydrogens is 169 g/mol. The highest BCUT2D eigenvalue weighted by atomic mass is 19.1. The summed E-state index contributed by atoms with van der Waals surface area (Å²) in [5.41, 5.74) is 1.66. The Bertz CT molecular complexity index is 405. The molecule has 0 unspecified atom stereocenters. The number of halogens is 1. The van der Waals surface area contributed by atoms with Crippen molar-refractivity contribution in [3.05, 3.63) is 42.2 Å². The Morgan fingerprint density at radius 2 is 1.92 bits per heavy atom. The summed E-state index contributed by atoms with van der Waals surface area (Å²) in [5, 5.41) is 0. The third-order valence-corrected chi connectivity index (χ3v) is 1.85. The van der Waals surface area contributed by atoms with Gasteiger partial charge in [-0.3, -0.25) is 0 Å². The molecule has 13 heavy (non-hydrogen) atoms. The summed E-state index contributed by atoms with van der Waals surface area (Å²) in [5.74, 6) is 0.445. The first-order chi connectivity index (χ1) is 6.27. The van der Waals surface area contributed by atoms with E-state index in [1.54, 1.807) is 12.1 Å². The monoisotopic (exact) mass is 177 g/mol. The van der Waals surface area contributed by atoms with E-state index in [9.17, 15) is 4.39 Å². The normalized spacial score (nSPS) is 10.3. The predicted octanol–water partition coefficient (Wildman–Crippen LogP) is 2.79. The SMILES string of the molecule is Cc1ncoc1-c1ccc(F)cc1. The fourth-order valence-corrected chi connectivity index (χ4v) is 1.18. The van der Waals surface area contributed by atoms with Gasteiger partial charge >= 0.3 is 0 Å². The van der Waals surface area contributed by atoms with E-state index < -0.39 is 0 Å². The topological polar surface area (TPSA) is 26.0 Å². The molecular formula is C10H8FNO. The lowest BCUT2D eigenvalue weighted by molar-refractivity contribution is 0.571. The summed E-state index contributed by atoms with van der Waals surface area (Å²) in [7, 11) is 0. The maximum atomic E-state index is 12.6. The number of hydrogen-bond donors (Lipinski definition) is 0. The number of hydrogen-bond acceptors (Lipinski definition) is 2. The minimum Gasteiger partial charge on any atom is -0.443 e. The van der Waals surface area contributed by atoms with Gasteiger partial charge in [-0.15, -0.1) is 0 Å². The lowest BCUT2D eigenvalue weighted by Crippen LogP contribution is -1.79. The van der Waals surface area contributed by atoms with E-state index in [0.29, 0.717) is 5.76 Å². The van der Waals surface area contributed by atoms with Crippen molar-refractivity contribution in [1.82, 2.24) is 4.98 Å². The molecule has 0 atom stereocenters. The molecule has 0 spiro atoms. The van der Waals surface area contributed by atoms with Crippen LogP contribution in [0.3, 0.4) is 0 Å². The molecule has 3 heteroatoms. The minimum absolute atomic E-state index is 0.249. The highest BCUT2D eigenvalue weighted by molar-refractivity contribution is 5.58. The largest absolute Gasteiger partial charge is 0.443 e. The van der Waals surface area contributed by atoms with Crippen LogP contribution in [-0.2, 0) is 0 Å². The Kier molecular flexibility index (Phi) is 1.85. The van der Waals surface area contributed by atoms with Crippen LogP contribution < -0.4 is 0 Å². The number of nitrogens with zero attached hydrogens (tertiary/aromatic N) is 1. The molecule has 2 aromatic rings. The van der Waals surface area contributed by atoms with Crippen LogP contribution >= 0.6 is 0 Å². The lowest BCUT2D eigenvalue weighted by atomic mass is 10.1. The smallest absolute Gasteiger partial charge is 0.181 e. The molecule has 1 heterocycles. The molecule has 2 rings (SSSR count). The molecule has 66 valence electrons. The zero-order valence-electron chi connectivity index (χ0n) is 7.12. The minimum atomic E-state index is -0.249. The summed E-state index contributed by atoms with van der Waals surface area (Å²) in [6.07, 6.45) is 1.38. The van der Waals surface area contributed by atoms with E-state index in [-0.39, 0.29) is 5.82 Å². The van der Waals surface area contributed by atoms with Gasteiger partial charge in [-0.2, -0.15) is 0 Å². The summed E-state index contributed by atoms with van der Waals surface area (Å²) < 4.78 is 17.7. The standard InChI is InChI=1S/C10H8FNO/c1-7-10(13-6-12-7)8-2-4-9(11)5-3-8/h2-6H,1H3. The average Bonchev–Trinajstić information content (AvgIpc) is 2.53. The van der Waals surface area contributed by atoms with E-state index in [1.807, 2.05) is 6.92 Å². The van der Waals surface area contributed by atoms with Crippen LogP contribution in [0.5, 0.6) is 0 Å². The molecule has 0 saturated carbocycles. The maximum absolute atomic E-state index is 12.6. The Balaban J connectivity index is 2.47. The van der Waals surface area contributed by atoms with E-state index in [1.165, 1.54) is 18.5 Å². The van der Waals surface area contributed by atoms with Crippen LogP contribution in [0.15, 0.2) is 35.1 Å². The van der Waals surface area contributed by atoms with Gasteiger partial charge < -0.3 is 4.42 Å². The van der Waals surface area contributed by atoms with Crippen LogP contribution in [0.4, 0.5) is 4.39 Å². The summed E-state index contributed by atoms with van der Waals surface area (Å²) >= 11 is 0. The molecule has 2 nitrogen and oxygen atoms in total. The van der Waals surface area contributed by atoms with E-state index >= 15 is 0 Å². The molecule has 0 saturated heterocycles. The van der Waals surface area contributed by atoms with Gasteiger partial charge in [0.15, 0.2) is 12.2 Å². The second-order valence-corrected chi connectivity index (χ2v) is 2.77. The number of benzene rings is 1. The molecule has 1 aromatic carbocycles. The van der Waals surface area contributed by atoms with E-state index in [4.69, 9.17) is 4.42 Å². The van der Waals surface area contributed by atoms with E-state index in [2.05, 4.69) is 4.98 Å². The third kappa shape index (κ3) is 1.45. The van der Waals surface area contributed by atoms with Crippen molar-refractivity contribution >= 4 is 0 Å². The Labute approximate surface area is 75.0 Å². The zero-order valence-corrected chi connectivity index (χ0v) is 7.12. The first-order valence-corrected chi connectivity index (χ1v) is 3.93. The van der Waals surface area contributed by atoms with Gasteiger partial charge in [0, 0.05) is 5.56 Å². The van der Waals surface area contributed by atoms with Crippen molar-refractivity contribution in [2.45, 2.75) is 6.92 Å². The number of aryl methyl sites for hydroxylation is 1. The van der Waals surface area contributed by atoms with Crippen molar-refractivity contribution in [1.29, 1.82) is 0 Å². The number of aromatic nitrogens is 1. The van der Waals surface area contributed by atoms with Crippen LogP contribution in [0.2, 0.25) is 0 Å². The molecule has 0 radical (unpaired) electrons. The van der Waals surface area contributed by atoms with Gasteiger partial charge in [-0.05, 0) is 31.2 Å². The Hall–Kier alpha value is -1.64. The summed E-state index contributed by atoms with van der Waals surface area (Å²) in [4.78, 5) is 3.96. The van der Waals surface area contributed by atoms with Crippen LogP contribution in [-0.4, -0.2) is 4.98 Å². The lowest BCUT2D eigenvalue weighted by Gasteiger charge is -1.96. The van der Waals surface area contributed by atoms with Crippen molar-refractivity contribution < 1.29 is 8.81 Å². The second kappa shape index (κ2) is 3.01. The summed E-state index contributed by atoms with van der Waals surface area (Å²) in [6.45, 7) is 1.85. The number of rotatable bonds is 1.